The van der Waals surface area contributed by atoms with E-state index < -0.39 is 6.10 Å². The van der Waals surface area contributed by atoms with Crippen molar-refractivity contribution in [3.05, 3.63) is 51.1 Å². The summed E-state index contributed by atoms with van der Waals surface area (Å²) >= 11 is 5.20. The molecule has 1 aliphatic carbocycles. The number of ether oxygens (including phenoxy) is 1. The second-order valence-corrected chi connectivity index (χ2v) is 8.26. The molecule has 138 valence electrons. The number of nitrogens with one attached hydrogen (secondary N) is 1. The lowest BCUT2D eigenvalue weighted by Gasteiger charge is -2.25. The van der Waals surface area contributed by atoms with E-state index in [4.69, 9.17) is 4.74 Å². The molecule has 0 amide bonds. The zero-order valence-electron chi connectivity index (χ0n) is 14.1. The molecule has 3 rings (SSSR count). The summed E-state index contributed by atoms with van der Waals surface area (Å²) in [6.45, 7) is 0.853. The number of rotatable bonds is 8. The molecular weight excluding hydrogens is 422 g/mol. The van der Waals surface area contributed by atoms with E-state index in [1.54, 1.807) is 11.3 Å². The molecule has 0 radical (unpaired) electrons. The largest absolute Gasteiger partial charge is 0.491 e. The minimum atomic E-state index is -0.516. The van der Waals surface area contributed by atoms with Gasteiger partial charge in [0.2, 0.25) is 0 Å². The standard InChI is InChI=1S/C19H24BrNO2S.ClH/c20-15-7-9-17(10-8-15)23-13-16(22)12-21-19(14-4-1-2-5-14)18-6-3-11-24-18;/h3,6-11,14,16,19,21-22H,1-2,4-5,12-13H2;1H. The fourth-order valence-electron chi connectivity index (χ4n) is 3.30. The first kappa shape index (κ1) is 20.7. The SMILES string of the molecule is Cl.OC(CNC(c1cccs1)C1CCCC1)COc1ccc(Br)cc1. The summed E-state index contributed by atoms with van der Waals surface area (Å²) in [5.41, 5.74) is 0. The Labute approximate surface area is 168 Å². The van der Waals surface area contributed by atoms with E-state index in [9.17, 15) is 5.11 Å². The molecule has 1 heterocycles. The highest BCUT2D eigenvalue weighted by Crippen LogP contribution is 2.37. The van der Waals surface area contributed by atoms with Gasteiger partial charge >= 0.3 is 0 Å². The summed E-state index contributed by atoms with van der Waals surface area (Å²) in [5, 5.41) is 16.0. The smallest absolute Gasteiger partial charge is 0.119 e. The topological polar surface area (TPSA) is 41.5 Å². The van der Waals surface area contributed by atoms with Crippen molar-refractivity contribution in [2.24, 2.45) is 5.92 Å². The molecule has 1 aromatic carbocycles. The highest BCUT2D eigenvalue weighted by molar-refractivity contribution is 9.10. The van der Waals surface area contributed by atoms with Gasteiger partial charge in [0.25, 0.3) is 0 Å². The van der Waals surface area contributed by atoms with Crippen LogP contribution in [0, 0.1) is 5.92 Å². The Morgan fingerprint density at radius 3 is 2.56 bits per heavy atom. The third kappa shape index (κ3) is 6.26. The molecular formula is C19H25BrClNO2S. The molecule has 0 saturated heterocycles. The zero-order valence-corrected chi connectivity index (χ0v) is 17.3. The minimum Gasteiger partial charge on any atom is -0.491 e. The number of hydrogen-bond donors (Lipinski definition) is 2. The molecule has 2 atom stereocenters. The van der Waals surface area contributed by atoms with Gasteiger partial charge in [0.15, 0.2) is 0 Å². The Kier molecular flexibility index (Phi) is 8.73. The molecule has 2 N–H and O–H groups in total. The molecule has 6 heteroatoms. The van der Waals surface area contributed by atoms with E-state index in [0.717, 1.165) is 10.2 Å². The van der Waals surface area contributed by atoms with Crippen LogP contribution in [0.2, 0.25) is 0 Å². The van der Waals surface area contributed by atoms with Gasteiger partial charge < -0.3 is 15.2 Å². The summed E-state index contributed by atoms with van der Waals surface area (Å²) in [4.78, 5) is 1.38. The van der Waals surface area contributed by atoms with Crippen molar-refractivity contribution < 1.29 is 9.84 Å². The predicted octanol–water partition coefficient (Wildman–Crippen LogP) is 5.19. The van der Waals surface area contributed by atoms with Crippen LogP contribution in [0.3, 0.4) is 0 Å². The molecule has 1 saturated carbocycles. The van der Waals surface area contributed by atoms with Crippen molar-refractivity contribution in [1.29, 1.82) is 0 Å². The van der Waals surface area contributed by atoms with Crippen LogP contribution in [0.1, 0.15) is 36.6 Å². The summed E-state index contributed by atoms with van der Waals surface area (Å²) in [6, 6.07) is 12.3. The van der Waals surface area contributed by atoms with E-state index in [-0.39, 0.29) is 12.4 Å². The maximum absolute atomic E-state index is 10.3. The van der Waals surface area contributed by atoms with E-state index in [1.807, 2.05) is 24.3 Å². The van der Waals surface area contributed by atoms with Crippen LogP contribution in [-0.2, 0) is 0 Å². The molecule has 25 heavy (non-hydrogen) atoms. The highest BCUT2D eigenvalue weighted by Gasteiger charge is 2.27. The average Bonchev–Trinajstić information content (AvgIpc) is 3.29. The van der Waals surface area contributed by atoms with Gasteiger partial charge in [-0.25, -0.2) is 0 Å². The molecule has 1 aliphatic rings. The molecule has 0 bridgehead atoms. The Morgan fingerprint density at radius 1 is 1.20 bits per heavy atom. The predicted molar refractivity (Wildman–Crippen MR) is 110 cm³/mol. The average molecular weight is 447 g/mol. The van der Waals surface area contributed by atoms with Crippen LogP contribution < -0.4 is 10.1 Å². The van der Waals surface area contributed by atoms with Crippen molar-refractivity contribution in [2.45, 2.75) is 37.8 Å². The van der Waals surface area contributed by atoms with Crippen LogP contribution in [0.25, 0.3) is 0 Å². The van der Waals surface area contributed by atoms with E-state index in [2.05, 4.69) is 38.8 Å². The second-order valence-electron chi connectivity index (χ2n) is 6.36. The van der Waals surface area contributed by atoms with Gasteiger partial charge in [0.1, 0.15) is 18.5 Å². The van der Waals surface area contributed by atoms with Gasteiger partial charge in [-0.3, -0.25) is 0 Å². The molecule has 2 unspecified atom stereocenters. The second kappa shape index (κ2) is 10.5. The van der Waals surface area contributed by atoms with Crippen molar-refractivity contribution in [3.63, 3.8) is 0 Å². The van der Waals surface area contributed by atoms with Crippen LogP contribution in [0.15, 0.2) is 46.3 Å². The maximum atomic E-state index is 10.3. The summed E-state index contributed by atoms with van der Waals surface area (Å²) in [7, 11) is 0. The van der Waals surface area contributed by atoms with Crippen LogP contribution in [0.5, 0.6) is 5.75 Å². The van der Waals surface area contributed by atoms with Gasteiger partial charge in [-0.05, 0) is 54.5 Å². The van der Waals surface area contributed by atoms with E-state index >= 15 is 0 Å². The fraction of sp³-hybridized carbons (Fsp3) is 0.474. The number of aliphatic hydroxyl groups excluding tert-OH is 1. The molecule has 0 spiro atoms. The lowest BCUT2D eigenvalue weighted by Crippen LogP contribution is -2.36. The van der Waals surface area contributed by atoms with Crippen molar-refractivity contribution in [3.8, 4) is 5.75 Å². The number of benzene rings is 1. The first-order chi connectivity index (χ1) is 11.7. The van der Waals surface area contributed by atoms with Crippen LogP contribution in [0.4, 0.5) is 0 Å². The Bertz CT molecular complexity index is 602. The minimum absolute atomic E-state index is 0. The number of aliphatic hydroxyl groups is 1. The van der Waals surface area contributed by atoms with E-state index in [1.165, 1.54) is 30.6 Å². The van der Waals surface area contributed by atoms with Gasteiger partial charge in [0, 0.05) is 21.9 Å². The summed E-state index contributed by atoms with van der Waals surface area (Å²) < 4.78 is 6.68. The Hall–Kier alpha value is -0.590. The third-order valence-electron chi connectivity index (χ3n) is 4.55. The zero-order chi connectivity index (χ0) is 16.8. The highest BCUT2D eigenvalue weighted by atomic mass is 79.9. The van der Waals surface area contributed by atoms with Crippen molar-refractivity contribution >= 4 is 39.7 Å². The molecule has 0 aliphatic heterocycles. The van der Waals surface area contributed by atoms with Crippen molar-refractivity contribution in [1.82, 2.24) is 5.32 Å². The summed E-state index contributed by atoms with van der Waals surface area (Å²) in [6.07, 6.45) is 4.69. The summed E-state index contributed by atoms with van der Waals surface area (Å²) in [5.74, 6) is 1.46. The first-order valence-electron chi connectivity index (χ1n) is 8.55. The van der Waals surface area contributed by atoms with Crippen molar-refractivity contribution in [2.75, 3.05) is 13.2 Å². The number of hydrogen-bond acceptors (Lipinski definition) is 4. The lowest BCUT2D eigenvalue weighted by molar-refractivity contribution is 0.101. The van der Waals surface area contributed by atoms with Gasteiger partial charge in [-0.15, -0.1) is 23.7 Å². The first-order valence-corrected chi connectivity index (χ1v) is 10.2. The number of thiophene rings is 1. The van der Waals surface area contributed by atoms with Crippen LogP contribution in [-0.4, -0.2) is 24.4 Å². The molecule has 3 nitrogen and oxygen atoms in total. The quantitative estimate of drug-likeness (QED) is 0.586. The van der Waals surface area contributed by atoms with Gasteiger partial charge in [-0.2, -0.15) is 0 Å². The number of halogens is 2. The molecule has 1 aromatic heterocycles. The normalized spacial score (nSPS) is 17.0. The van der Waals surface area contributed by atoms with Crippen LogP contribution >= 0.6 is 39.7 Å². The molecule has 1 fully saturated rings. The Balaban J connectivity index is 0.00000225. The maximum Gasteiger partial charge on any atom is 0.119 e. The third-order valence-corrected chi connectivity index (χ3v) is 6.03. The lowest BCUT2D eigenvalue weighted by atomic mass is 9.96. The van der Waals surface area contributed by atoms with Gasteiger partial charge in [-0.1, -0.05) is 34.8 Å². The molecule has 2 aromatic rings. The van der Waals surface area contributed by atoms with E-state index in [0.29, 0.717) is 25.1 Å². The monoisotopic (exact) mass is 445 g/mol. The fourth-order valence-corrected chi connectivity index (χ4v) is 4.46. The van der Waals surface area contributed by atoms with Gasteiger partial charge in [0.05, 0.1) is 0 Å². The Morgan fingerprint density at radius 2 is 1.92 bits per heavy atom.